The summed E-state index contributed by atoms with van der Waals surface area (Å²) in [6.45, 7) is 3.25. The number of methoxy groups -OCH3 is 1. The zero-order valence-electron chi connectivity index (χ0n) is 9.85. The first-order valence-corrected chi connectivity index (χ1v) is 6.53. The molecule has 7 nitrogen and oxygen atoms in total. The van der Waals surface area contributed by atoms with Crippen LogP contribution in [0.25, 0.3) is 0 Å². The van der Waals surface area contributed by atoms with E-state index in [4.69, 9.17) is 0 Å². The first-order valence-electron chi connectivity index (χ1n) is 5.04. The van der Waals surface area contributed by atoms with Crippen LogP contribution >= 0.6 is 0 Å². The van der Waals surface area contributed by atoms with Crippen molar-refractivity contribution >= 4 is 16.0 Å². The SMILES string of the molecule is CCc1ncc(S(=O)(=O)NC(C)C(=O)OC)[nH]1. The van der Waals surface area contributed by atoms with Crippen LogP contribution < -0.4 is 4.72 Å². The Labute approximate surface area is 99.6 Å². The van der Waals surface area contributed by atoms with Crippen molar-refractivity contribution in [2.45, 2.75) is 31.3 Å². The van der Waals surface area contributed by atoms with Crippen molar-refractivity contribution < 1.29 is 17.9 Å². The van der Waals surface area contributed by atoms with Crippen LogP contribution in [-0.2, 0) is 26.0 Å². The minimum absolute atomic E-state index is 0.0647. The van der Waals surface area contributed by atoms with Gasteiger partial charge in [-0.15, -0.1) is 0 Å². The maximum Gasteiger partial charge on any atom is 0.323 e. The van der Waals surface area contributed by atoms with Crippen LogP contribution in [0.15, 0.2) is 11.2 Å². The number of carbonyl (C=O) groups excluding carboxylic acids is 1. The summed E-state index contributed by atoms with van der Waals surface area (Å²) in [6, 6.07) is -0.946. The third-order valence-electron chi connectivity index (χ3n) is 2.12. The highest BCUT2D eigenvalue weighted by Crippen LogP contribution is 2.07. The second-order valence-electron chi connectivity index (χ2n) is 3.41. The molecule has 0 aliphatic carbocycles. The Bertz CT molecular complexity index is 494. The summed E-state index contributed by atoms with van der Waals surface area (Å²) < 4.78 is 30.2. The molecule has 0 aliphatic rings. The van der Waals surface area contributed by atoms with Crippen LogP contribution in [0.3, 0.4) is 0 Å². The van der Waals surface area contributed by atoms with E-state index >= 15 is 0 Å². The van der Waals surface area contributed by atoms with Crippen molar-refractivity contribution in [2.75, 3.05) is 7.11 Å². The van der Waals surface area contributed by atoms with Crippen molar-refractivity contribution in [3.63, 3.8) is 0 Å². The van der Waals surface area contributed by atoms with Gasteiger partial charge in [0.25, 0.3) is 10.0 Å². The lowest BCUT2D eigenvalue weighted by Gasteiger charge is -2.10. The molecular weight excluding hydrogens is 246 g/mol. The molecule has 1 unspecified atom stereocenters. The third kappa shape index (κ3) is 3.27. The van der Waals surface area contributed by atoms with E-state index < -0.39 is 22.0 Å². The molecule has 2 N–H and O–H groups in total. The van der Waals surface area contributed by atoms with Gasteiger partial charge in [-0.05, 0) is 6.92 Å². The molecule has 0 amide bonds. The molecule has 0 saturated carbocycles. The molecule has 0 saturated heterocycles. The maximum absolute atomic E-state index is 11.8. The summed E-state index contributed by atoms with van der Waals surface area (Å²) in [5, 5.41) is -0.0647. The molecule has 0 aliphatic heterocycles. The van der Waals surface area contributed by atoms with E-state index in [2.05, 4.69) is 19.4 Å². The second-order valence-corrected chi connectivity index (χ2v) is 5.10. The summed E-state index contributed by atoms with van der Waals surface area (Å²) in [5.74, 6) is -0.0834. The number of esters is 1. The zero-order valence-corrected chi connectivity index (χ0v) is 10.7. The standard InChI is InChI=1S/C9H15N3O4S/c1-4-7-10-5-8(11-7)17(14,15)12-6(2)9(13)16-3/h5-6,12H,4H2,1-3H3,(H,10,11). The quantitative estimate of drug-likeness (QED) is 0.715. The summed E-state index contributed by atoms with van der Waals surface area (Å²) in [4.78, 5) is 17.6. The maximum atomic E-state index is 11.8. The third-order valence-corrected chi connectivity index (χ3v) is 3.57. The Morgan fingerprint density at radius 1 is 1.65 bits per heavy atom. The van der Waals surface area contributed by atoms with Gasteiger partial charge in [0.05, 0.1) is 13.3 Å². The first kappa shape index (κ1) is 13.7. The fourth-order valence-electron chi connectivity index (χ4n) is 1.18. The van der Waals surface area contributed by atoms with Gasteiger partial charge in [-0.3, -0.25) is 4.79 Å². The number of sulfonamides is 1. The van der Waals surface area contributed by atoms with E-state index in [1.165, 1.54) is 20.2 Å². The monoisotopic (exact) mass is 261 g/mol. The number of nitrogens with one attached hydrogen (secondary N) is 2. The number of ether oxygens (including phenoxy) is 1. The summed E-state index contributed by atoms with van der Waals surface area (Å²) in [6.07, 6.45) is 1.81. The predicted molar refractivity (Wildman–Crippen MR) is 59.8 cm³/mol. The highest BCUT2D eigenvalue weighted by atomic mass is 32.2. The van der Waals surface area contributed by atoms with Gasteiger partial charge in [0, 0.05) is 6.42 Å². The van der Waals surface area contributed by atoms with Crippen molar-refractivity contribution in [3.05, 3.63) is 12.0 Å². The second kappa shape index (κ2) is 5.28. The van der Waals surface area contributed by atoms with E-state index in [0.717, 1.165) is 0 Å². The van der Waals surface area contributed by atoms with Crippen LogP contribution in [0, 0.1) is 0 Å². The van der Waals surface area contributed by atoms with Crippen LogP contribution in [0.1, 0.15) is 19.7 Å². The van der Waals surface area contributed by atoms with Crippen LogP contribution in [0.5, 0.6) is 0 Å². The number of imidazole rings is 1. The zero-order chi connectivity index (χ0) is 13.1. The Morgan fingerprint density at radius 2 is 2.29 bits per heavy atom. The molecule has 96 valence electrons. The Balaban J connectivity index is 2.85. The highest BCUT2D eigenvalue weighted by Gasteiger charge is 2.23. The molecule has 0 fully saturated rings. The number of carbonyl (C=O) groups is 1. The van der Waals surface area contributed by atoms with E-state index in [0.29, 0.717) is 12.2 Å². The summed E-state index contributed by atoms with van der Waals surface area (Å²) in [7, 11) is -2.58. The van der Waals surface area contributed by atoms with E-state index in [1.54, 1.807) is 0 Å². The van der Waals surface area contributed by atoms with Gasteiger partial charge in [-0.1, -0.05) is 6.92 Å². The number of aryl methyl sites for hydroxylation is 1. The van der Waals surface area contributed by atoms with E-state index in [9.17, 15) is 13.2 Å². The number of aromatic amines is 1. The molecule has 1 atom stereocenters. The largest absolute Gasteiger partial charge is 0.468 e. The molecule has 0 radical (unpaired) electrons. The summed E-state index contributed by atoms with van der Waals surface area (Å²) in [5.41, 5.74) is 0. The van der Waals surface area contributed by atoms with Crippen molar-refractivity contribution in [1.29, 1.82) is 0 Å². The van der Waals surface area contributed by atoms with Crippen LogP contribution in [0.4, 0.5) is 0 Å². The fraction of sp³-hybridized carbons (Fsp3) is 0.556. The fourth-order valence-corrected chi connectivity index (χ4v) is 2.31. The van der Waals surface area contributed by atoms with Crippen molar-refractivity contribution in [3.8, 4) is 0 Å². The lowest BCUT2D eigenvalue weighted by atomic mass is 10.4. The van der Waals surface area contributed by atoms with Gasteiger partial charge in [-0.25, -0.2) is 13.4 Å². The molecule has 0 aromatic carbocycles. The molecule has 17 heavy (non-hydrogen) atoms. The lowest BCUT2D eigenvalue weighted by molar-refractivity contribution is -0.142. The van der Waals surface area contributed by atoms with Crippen LogP contribution in [0.2, 0.25) is 0 Å². The van der Waals surface area contributed by atoms with E-state index in [-0.39, 0.29) is 5.03 Å². The van der Waals surface area contributed by atoms with Gasteiger partial charge in [0.15, 0.2) is 5.03 Å². The van der Waals surface area contributed by atoms with Gasteiger partial charge < -0.3 is 9.72 Å². The van der Waals surface area contributed by atoms with Crippen molar-refractivity contribution in [1.82, 2.24) is 14.7 Å². The number of H-pyrrole nitrogens is 1. The number of rotatable bonds is 5. The molecule has 8 heteroatoms. The average Bonchev–Trinajstić information content (AvgIpc) is 2.76. The van der Waals surface area contributed by atoms with Crippen LogP contribution in [-0.4, -0.2) is 37.5 Å². The van der Waals surface area contributed by atoms with Gasteiger partial charge in [0.1, 0.15) is 11.9 Å². The van der Waals surface area contributed by atoms with E-state index in [1.807, 2.05) is 6.92 Å². The normalized spacial score (nSPS) is 13.4. The molecular formula is C9H15N3O4S. The predicted octanol–water partition coefficient (Wildman–Crippen LogP) is -0.188. The topological polar surface area (TPSA) is 101 Å². The molecule has 1 heterocycles. The number of hydrogen-bond acceptors (Lipinski definition) is 5. The molecule has 0 bridgehead atoms. The average molecular weight is 261 g/mol. The van der Waals surface area contributed by atoms with Crippen molar-refractivity contribution in [2.24, 2.45) is 0 Å². The minimum Gasteiger partial charge on any atom is -0.468 e. The smallest absolute Gasteiger partial charge is 0.323 e. The first-order chi connectivity index (χ1) is 7.90. The number of hydrogen-bond donors (Lipinski definition) is 2. The molecule has 1 aromatic rings. The minimum atomic E-state index is -3.77. The highest BCUT2D eigenvalue weighted by molar-refractivity contribution is 7.89. The molecule has 1 rings (SSSR count). The number of nitrogens with zero attached hydrogens (tertiary/aromatic N) is 1. The summed E-state index contributed by atoms with van der Waals surface area (Å²) >= 11 is 0. The van der Waals surface area contributed by atoms with Gasteiger partial charge in [-0.2, -0.15) is 4.72 Å². The lowest BCUT2D eigenvalue weighted by Crippen LogP contribution is -2.39. The van der Waals surface area contributed by atoms with Gasteiger partial charge >= 0.3 is 5.97 Å². The Morgan fingerprint density at radius 3 is 2.76 bits per heavy atom. The Hall–Kier alpha value is -1.41. The molecule has 0 spiro atoms. The van der Waals surface area contributed by atoms with Gasteiger partial charge in [0.2, 0.25) is 0 Å². The number of aromatic nitrogens is 2. The Kier molecular flexibility index (Phi) is 4.24. The molecule has 1 aromatic heterocycles.